The molecule has 1 aliphatic heterocycles. The summed E-state index contributed by atoms with van der Waals surface area (Å²) in [6, 6.07) is 10.3. The van der Waals surface area contributed by atoms with Gasteiger partial charge in [-0.05, 0) is 49.9 Å². The maximum atomic E-state index is 12.3. The second-order valence-electron chi connectivity index (χ2n) is 6.84. The number of nitro benzene ring substituents is 1. The quantitative estimate of drug-likeness (QED) is 0.514. The van der Waals surface area contributed by atoms with E-state index >= 15 is 0 Å². The summed E-state index contributed by atoms with van der Waals surface area (Å²) < 4.78 is 5.64. The average molecular weight is 404 g/mol. The van der Waals surface area contributed by atoms with Gasteiger partial charge in [0.15, 0.2) is 0 Å². The molecule has 28 heavy (non-hydrogen) atoms. The van der Waals surface area contributed by atoms with Crippen molar-refractivity contribution in [3.05, 3.63) is 56.8 Å². The highest BCUT2D eigenvalue weighted by atomic mass is 32.1. The summed E-state index contributed by atoms with van der Waals surface area (Å²) in [5, 5.41) is 15.9. The van der Waals surface area contributed by atoms with Crippen molar-refractivity contribution in [1.82, 2.24) is 10.2 Å². The summed E-state index contributed by atoms with van der Waals surface area (Å²) in [5.41, 5.74) is 0.0309. The average Bonchev–Trinajstić information content (AvgIpc) is 3.22. The van der Waals surface area contributed by atoms with E-state index in [1.807, 2.05) is 6.07 Å². The molecule has 2 aromatic rings. The van der Waals surface area contributed by atoms with E-state index in [2.05, 4.69) is 21.7 Å². The van der Waals surface area contributed by atoms with Gasteiger partial charge < -0.3 is 10.1 Å². The van der Waals surface area contributed by atoms with Gasteiger partial charge in [-0.2, -0.15) is 0 Å². The Hall–Kier alpha value is -2.45. The molecule has 0 unspecified atom stereocenters. The monoisotopic (exact) mass is 403 g/mol. The molecular weight excluding hydrogens is 378 g/mol. The van der Waals surface area contributed by atoms with E-state index in [0.29, 0.717) is 18.9 Å². The van der Waals surface area contributed by atoms with Crippen LogP contribution in [0.5, 0.6) is 5.75 Å². The first-order valence-corrected chi connectivity index (χ1v) is 10.4. The molecule has 1 aliphatic rings. The van der Waals surface area contributed by atoms with Crippen molar-refractivity contribution in [3.8, 4) is 5.75 Å². The van der Waals surface area contributed by atoms with Crippen molar-refractivity contribution in [2.24, 2.45) is 5.92 Å². The number of non-ortho nitro benzene ring substituents is 1. The number of ether oxygens (including phenoxy) is 1. The third kappa shape index (κ3) is 6.03. The summed E-state index contributed by atoms with van der Waals surface area (Å²) >= 11 is 1.72. The largest absolute Gasteiger partial charge is 0.492 e. The standard InChI is InChI=1S/C20H25N3O4S/c24-20(21-9-6-19-5-2-14-28-19)16-7-10-22(11-8-16)12-13-27-18-4-1-3-17(15-18)23(25)26/h1-5,14-16H,6-13H2,(H,21,24). The predicted octanol–water partition coefficient (Wildman–Crippen LogP) is 3.11. The molecule has 2 heterocycles. The van der Waals surface area contributed by atoms with Crippen LogP contribution in [0, 0.1) is 16.0 Å². The number of amides is 1. The van der Waals surface area contributed by atoms with Gasteiger partial charge in [-0.3, -0.25) is 19.8 Å². The highest BCUT2D eigenvalue weighted by Crippen LogP contribution is 2.20. The molecule has 1 aromatic heterocycles. The van der Waals surface area contributed by atoms with Crippen LogP contribution in [-0.4, -0.2) is 48.5 Å². The molecule has 0 radical (unpaired) electrons. The molecule has 0 saturated carbocycles. The molecule has 1 N–H and O–H groups in total. The van der Waals surface area contributed by atoms with Crippen LogP contribution in [0.2, 0.25) is 0 Å². The molecule has 0 bridgehead atoms. The van der Waals surface area contributed by atoms with Crippen molar-refractivity contribution >= 4 is 22.9 Å². The first-order chi connectivity index (χ1) is 13.6. The van der Waals surface area contributed by atoms with Crippen molar-refractivity contribution in [1.29, 1.82) is 0 Å². The van der Waals surface area contributed by atoms with Gasteiger partial charge in [0, 0.05) is 30.0 Å². The fourth-order valence-electron chi connectivity index (χ4n) is 3.31. The Labute approximate surface area is 168 Å². The topological polar surface area (TPSA) is 84.7 Å². The summed E-state index contributed by atoms with van der Waals surface area (Å²) in [5.74, 6) is 0.746. The lowest BCUT2D eigenvalue weighted by atomic mass is 9.96. The SMILES string of the molecule is O=C(NCCc1cccs1)C1CCN(CCOc2cccc([N+](=O)[O-])c2)CC1. The normalized spacial score (nSPS) is 15.3. The minimum atomic E-state index is -0.427. The number of carbonyl (C=O) groups is 1. The van der Waals surface area contributed by atoms with E-state index in [1.54, 1.807) is 23.5 Å². The van der Waals surface area contributed by atoms with Crippen LogP contribution in [0.4, 0.5) is 5.69 Å². The minimum Gasteiger partial charge on any atom is -0.492 e. The van der Waals surface area contributed by atoms with E-state index in [0.717, 1.165) is 38.9 Å². The third-order valence-electron chi connectivity index (χ3n) is 4.91. The molecule has 0 spiro atoms. The lowest BCUT2D eigenvalue weighted by Gasteiger charge is -2.31. The molecule has 0 atom stereocenters. The summed E-state index contributed by atoms with van der Waals surface area (Å²) in [6.07, 6.45) is 2.58. The second-order valence-corrected chi connectivity index (χ2v) is 7.87. The van der Waals surface area contributed by atoms with Crippen LogP contribution < -0.4 is 10.1 Å². The van der Waals surface area contributed by atoms with Crippen molar-refractivity contribution in [2.75, 3.05) is 32.8 Å². The van der Waals surface area contributed by atoms with E-state index in [9.17, 15) is 14.9 Å². The predicted molar refractivity (Wildman–Crippen MR) is 109 cm³/mol. The lowest BCUT2D eigenvalue weighted by molar-refractivity contribution is -0.384. The van der Waals surface area contributed by atoms with Crippen molar-refractivity contribution in [3.63, 3.8) is 0 Å². The number of nitro groups is 1. The Morgan fingerprint density at radius 3 is 2.82 bits per heavy atom. The van der Waals surface area contributed by atoms with Gasteiger partial charge in [0.1, 0.15) is 12.4 Å². The number of likely N-dealkylation sites (tertiary alicyclic amines) is 1. The number of rotatable bonds is 9. The highest BCUT2D eigenvalue weighted by Gasteiger charge is 2.24. The molecule has 1 aromatic carbocycles. The zero-order chi connectivity index (χ0) is 19.8. The van der Waals surface area contributed by atoms with Crippen LogP contribution in [0.1, 0.15) is 17.7 Å². The zero-order valence-corrected chi connectivity index (χ0v) is 16.5. The number of hydrogen-bond acceptors (Lipinski definition) is 6. The molecule has 0 aliphatic carbocycles. The molecule has 1 amide bonds. The van der Waals surface area contributed by atoms with Gasteiger partial charge in [0.25, 0.3) is 5.69 Å². The maximum Gasteiger partial charge on any atom is 0.273 e. The third-order valence-corrected chi connectivity index (χ3v) is 5.85. The lowest BCUT2D eigenvalue weighted by Crippen LogP contribution is -2.42. The molecule has 8 heteroatoms. The second kappa shape index (κ2) is 10.2. The number of nitrogens with one attached hydrogen (secondary N) is 1. The minimum absolute atomic E-state index is 0.0309. The van der Waals surface area contributed by atoms with Gasteiger partial charge in [-0.25, -0.2) is 0 Å². The number of piperidine rings is 1. The Morgan fingerprint density at radius 2 is 2.11 bits per heavy atom. The smallest absolute Gasteiger partial charge is 0.273 e. The number of thiophene rings is 1. The van der Waals surface area contributed by atoms with Gasteiger partial charge in [-0.15, -0.1) is 11.3 Å². The summed E-state index contributed by atoms with van der Waals surface area (Å²) in [6.45, 7) is 3.63. The number of carbonyl (C=O) groups excluding carboxylic acids is 1. The number of nitrogens with zero attached hydrogens (tertiary/aromatic N) is 2. The van der Waals surface area contributed by atoms with E-state index < -0.39 is 4.92 Å². The first kappa shape index (κ1) is 20.3. The van der Waals surface area contributed by atoms with Crippen LogP contribution >= 0.6 is 11.3 Å². The number of benzene rings is 1. The van der Waals surface area contributed by atoms with Gasteiger partial charge in [0.05, 0.1) is 11.0 Å². The van der Waals surface area contributed by atoms with Gasteiger partial charge in [0.2, 0.25) is 5.91 Å². The number of hydrogen-bond donors (Lipinski definition) is 1. The van der Waals surface area contributed by atoms with Crippen molar-refractivity contribution < 1.29 is 14.5 Å². The van der Waals surface area contributed by atoms with Crippen LogP contribution in [-0.2, 0) is 11.2 Å². The van der Waals surface area contributed by atoms with E-state index in [4.69, 9.17) is 4.74 Å². The highest BCUT2D eigenvalue weighted by molar-refractivity contribution is 7.09. The van der Waals surface area contributed by atoms with Crippen LogP contribution in [0.25, 0.3) is 0 Å². The zero-order valence-electron chi connectivity index (χ0n) is 15.7. The van der Waals surface area contributed by atoms with E-state index in [1.165, 1.54) is 17.0 Å². The molecular formula is C20H25N3O4S. The maximum absolute atomic E-state index is 12.3. The van der Waals surface area contributed by atoms with Crippen molar-refractivity contribution in [2.45, 2.75) is 19.3 Å². The van der Waals surface area contributed by atoms with Gasteiger partial charge >= 0.3 is 0 Å². The molecule has 1 saturated heterocycles. The summed E-state index contributed by atoms with van der Waals surface area (Å²) in [7, 11) is 0. The Kier molecular flexibility index (Phi) is 7.39. The molecule has 1 fully saturated rings. The Bertz CT molecular complexity index is 774. The van der Waals surface area contributed by atoms with Crippen LogP contribution in [0.15, 0.2) is 41.8 Å². The van der Waals surface area contributed by atoms with Gasteiger partial charge in [-0.1, -0.05) is 12.1 Å². The Morgan fingerprint density at radius 1 is 1.29 bits per heavy atom. The van der Waals surface area contributed by atoms with Crippen LogP contribution in [0.3, 0.4) is 0 Å². The van der Waals surface area contributed by atoms with E-state index in [-0.39, 0.29) is 17.5 Å². The fraction of sp³-hybridized carbons (Fsp3) is 0.450. The first-order valence-electron chi connectivity index (χ1n) is 9.51. The molecule has 3 rings (SSSR count). The summed E-state index contributed by atoms with van der Waals surface area (Å²) in [4.78, 5) is 26.2. The fourth-order valence-corrected chi connectivity index (χ4v) is 4.02. The molecule has 7 nitrogen and oxygen atoms in total. The Balaban J connectivity index is 1.32. The molecule has 150 valence electrons.